The van der Waals surface area contributed by atoms with Gasteiger partial charge in [0.15, 0.2) is 6.61 Å². The molecule has 0 aromatic heterocycles. The number of rotatable bonds is 6. The summed E-state index contributed by atoms with van der Waals surface area (Å²) in [6, 6.07) is 14.5. The molecule has 0 spiro atoms. The highest BCUT2D eigenvalue weighted by molar-refractivity contribution is 5.94. The van der Waals surface area contributed by atoms with Crippen LogP contribution in [0.1, 0.15) is 18.9 Å². The van der Waals surface area contributed by atoms with Crippen LogP contribution in [0.3, 0.4) is 0 Å². The minimum Gasteiger partial charge on any atom is -0.484 e. The summed E-state index contributed by atoms with van der Waals surface area (Å²) in [5.41, 5.74) is 2.33. The van der Waals surface area contributed by atoms with E-state index >= 15 is 0 Å². The van der Waals surface area contributed by atoms with Crippen molar-refractivity contribution in [2.45, 2.75) is 20.3 Å². The molecular formula is C18H20N2O3. The van der Waals surface area contributed by atoms with Crippen molar-refractivity contribution >= 4 is 23.2 Å². The number of hydrogen-bond donors (Lipinski definition) is 2. The van der Waals surface area contributed by atoms with Crippen LogP contribution in [-0.4, -0.2) is 18.4 Å². The van der Waals surface area contributed by atoms with E-state index < -0.39 is 0 Å². The van der Waals surface area contributed by atoms with E-state index in [4.69, 9.17) is 4.74 Å². The van der Waals surface area contributed by atoms with E-state index in [9.17, 15) is 9.59 Å². The van der Waals surface area contributed by atoms with Gasteiger partial charge in [0.2, 0.25) is 5.91 Å². The third-order valence-electron chi connectivity index (χ3n) is 3.11. The fourth-order valence-electron chi connectivity index (χ4n) is 1.98. The first-order chi connectivity index (χ1) is 11.1. The second-order valence-corrected chi connectivity index (χ2v) is 5.14. The van der Waals surface area contributed by atoms with Crippen molar-refractivity contribution in [3.8, 4) is 5.75 Å². The SMILES string of the molecule is CCC(=O)Nc1cccc(NC(=O)COc2cccc(C)c2)c1. The number of amides is 2. The van der Waals surface area contributed by atoms with Gasteiger partial charge in [-0.15, -0.1) is 0 Å². The highest BCUT2D eigenvalue weighted by Gasteiger charge is 2.05. The van der Waals surface area contributed by atoms with Crippen LogP contribution >= 0.6 is 0 Å². The van der Waals surface area contributed by atoms with Crippen LogP contribution < -0.4 is 15.4 Å². The largest absolute Gasteiger partial charge is 0.484 e. The zero-order valence-corrected chi connectivity index (χ0v) is 13.3. The van der Waals surface area contributed by atoms with Crippen LogP contribution in [0.2, 0.25) is 0 Å². The number of aryl methyl sites for hydroxylation is 1. The van der Waals surface area contributed by atoms with Gasteiger partial charge in [-0.25, -0.2) is 0 Å². The van der Waals surface area contributed by atoms with E-state index in [0.29, 0.717) is 23.5 Å². The van der Waals surface area contributed by atoms with E-state index in [0.717, 1.165) is 5.56 Å². The normalized spacial score (nSPS) is 10.0. The standard InChI is InChI=1S/C18H20N2O3/c1-3-17(21)19-14-7-5-8-15(11-14)20-18(22)12-23-16-9-4-6-13(2)10-16/h4-11H,3,12H2,1-2H3,(H,19,21)(H,20,22). The molecule has 0 saturated carbocycles. The Morgan fingerprint density at radius 1 is 0.957 bits per heavy atom. The fraction of sp³-hybridized carbons (Fsp3) is 0.222. The molecule has 2 rings (SSSR count). The fourth-order valence-corrected chi connectivity index (χ4v) is 1.98. The predicted molar refractivity (Wildman–Crippen MR) is 90.7 cm³/mol. The summed E-state index contributed by atoms with van der Waals surface area (Å²) in [7, 11) is 0. The van der Waals surface area contributed by atoms with Crippen LogP contribution in [0.5, 0.6) is 5.75 Å². The molecule has 2 N–H and O–H groups in total. The van der Waals surface area contributed by atoms with E-state index in [1.54, 1.807) is 37.3 Å². The van der Waals surface area contributed by atoms with Gasteiger partial charge in [0.05, 0.1) is 0 Å². The van der Waals surface area contributed by atoms with Crippen molar-refractivity contribution in [1.29, 1.82) is 0 Å². The Balaban J connectivity index is 1.90. The Hall–Kier alpha value is -2.82. The number of ether oxygens (including phenoxy) is 1. The average Bonchev–Trinajstić information content (AvgIpc) is 2.53. The van der Waals surface area contributed by atoms with E-state index in [1.165, 1.54) is 0 Å². The summed E-state index contributed by atoms with van der Waals surface area (Å²) in [5.74, 6) is 0.325. The molecule has 120 valence electrons. The molecule has 0 bridgehead atoms. The quantitative estimate of drug-likeness (QED) is 0.859. The Labute approximate surface area is 135 Å². The lowest BCUT2D eigenvalue weighted by molar-refractivity contribution is -0.118. The lowest BCUT2D eigenvalue weighted by atomic mass is 10.2. The second-order valence-electron chi connectivity index (χ2n) is 5.14. The number of benzene rings is 2. The summed E-state index contributed by atoms with van der Waals surface area (Å²) < 4.78 is 5.45. The molecular weight excluding hydrogens is 292 g/mol. The summed E-state index contributed by atoms with van der Waals surface area (Å²) in [5, 5.41) is 5.49. The maximum Gasteiger partial charge on any atom is 0.262 e. The summed E-state index contributed by atoms with van der Waals surface area (Å²) in [6.45, 7) is 3.67. The molecule has 2 aromatic carbocycles. The van der Waals surface area contributed by atoms with Gasteiger partial charge in [-0.1, -0.05) is 25.1 Å². The lowest BCUT2D eigenvalue weighted by Gasteiger charge is -2.09. The molecule has 23 heavy (non-hydrogen) atoms. The minimum atomic E-state index is -0.259. The van der Waals surface area contributed by atoms with Crippen LogP contribution in [0.4, 0.5) is 11.4 Å². The first kappa shape index (κ1) is 16.5. The molecule has 0 fully saturated rings. The van der Waals surface area contributed by atoms with Gasteiger partial charge in [0.25, 0.3) is 5.91 Å². The van der Waals surface area contributed by atoms with Crippen molar-refractivity contribution < 1.29 is 14.3 Å². The molecule has 0 unspecified atom stereocenters. The van der Waals surface area contributed by atoms with Crippen molar-refractivity contribution in [2.75, 3.05) is 17.2 Å². The van der Waals surface area contributed by atoms with Crippen LogP contribution in [0.25, 0.3) is 0 Å². The van der Waals surface area contributed by atoms with Gasteiger partial charge in [0, 0.05) is 17.8 Å². The Morgan fingerprint density at radius 2 is 1.61 bits per heavy atom. The Morgan fingerprint density at radius 3 is 2.26 bits per heavy atom. The summed E-state index contributed by atoms with van der Waals surface area (Å²) in [6.07, 6.45) is 0.404. The van der Waals surface area contributed by atoms with E-state index in [2.05, 4.69) is 10.6 Å². The first-order valence-electron chi connectivity index (χ1n) is 7.46. The molecule has 0 saturated heterocycles. The van der Waals surface area contributed by atoms with Gasteiger partial charge in [0.1, 0.15) is 5.75 Å². The highest BCUT2D eigenvalue weighted by Crippen LogP contribution is 2.16. The molecule has 0 atom stereocenters. The monoisotopic (exact) mass is 312 g/mol. The van der Waals surface area contributed by atoms with Gasteiger partial charge < -0.3 is 15.4 Å². The van der Waals surface area contributed by atoms with Crippen molar-refractivity contribution in [3.63, 3.8) is 0 Å². The van der Waals surface area contributed by atoms with Gasteiger partial charge in [-0.3, -0.25) is 9.59 Å². The number of anilines is 2. The molecule has 0 aliphatic carbocycles. The number of carbonyl (C=O) groups excluding carboxylic acids is 2. The molecule has 0 aliphatic rings. The lowest BCUT2D eigenvalue weighted by Crippen LogP contribution is -2.20. The zero-order valence-electron chi connectivity index (χ0n) is 13.3. The van der Waals surface area contributed by atoms with Gasteiger partial charge >= 0.3 is 0 Å². The molecule has 2 amide bonds. The third-order valence-corrected chi connectivity index (χ3v) is 3.11. The minimum absolute atomic E-state index is 0.0729. The second kappa shape index (κ2) is 7.98. The Bertz CT molecular complexity index is 698. The molecule has 0 aliphatic heterocycles. The summed E-state index contributed by atoms with van der Waals surface area (Å²) in [4.78, 5) is 23.3. The first-order valence-corrected chi connectivity index (χ1v) is 7.46. The van der Waals surface area contributed by atoms with Gasteiger partial charge in [-0.2, -0.15) is 0 Å². The maximum absolute atomic E-state index is 11.9. The number of hydrogen-bond acceptors (Lipinski definition) is 3. The molecule has 0 radical (unpaired) electrons. The third kappa shape index (κ3) is 5.47. The van der Waals surface area contributed by atoms with Crippen LogP contribution in [0.15, 0.2) is 48.5 Å². The maximum atomic E-state index is 11.9. The number of carbonyl (C=O) groups is 2. The van der Waals surface area contributed by atoms with Crippen LogP contribution in [0, 0.1) is 6.92 Å². The smallest absolute Gasteiger partial charge is 0.262 e. The Kier molecular flexibility index (Phi) is 5.74. The van der Waals surface area contributed by atoms with E-state index in [1.807, 2.05) is 25.1 Å². The molecule has 0 heterocycles. The van der Waals surface area contributed by atoms with Crippen molar-refractivity contribution in [2.24, 2.45) is 0 Å². The molecule has 2 aromatic rings. The zero-order chi connectivity index (χ0) is 16.7. The predicted octanol–water partition coefficient (Wildman–Crippen LogP) is 3.36. The van der Waals surface area contributed by atoms with E-state index in [-0.39, 0.29) is 18.4 Å². The average molecular weight is 312 g/mol. The molecule has 5 nitrogen and oxygen atoms in total. The van der Waals surface area contributed by atoms with Gasteiger partial charge in [-0.05, 0) is 42.8 Å². The topological polar surface area (TPSA) is 67.4 Å². The van der Waals surface area contributed by atoms with Crippen molar-refractivity contribution in [3.05, 3.63) is 54.1 Å². The molecule has 5 heteroatoms. The summed E-state index contributed by atoms with van der Waals surface area (Å²) >= 11 is 0. The van der Waals surface area contributed by atoms with Crippen molar-refractivity contribution in [1.82, 2.24) is 0 Å². The number of nitrogens with one attached hydrogen (secondary N) is 2. The highest BCUT2D eigenvalue weighted by atomic mass is 16.5. The van der Waals surface area contributed by atoms with Crippen LogP contribution in [-0.2, 0) is 9.59 Å².